The summed E-state index contributed by atoms with van der Waals surface area (Å²) in [6.45, 7) is 3.71. The van der Waals surface area contributed by atoms with Gasteiger partial charge in [-0.3, -0.25) is 4.79 Å². The zero-order valence-electron chi connectivity index (χ0n) is 19.6. The van der Waals surface area contributed by atoms with E-state index in [0.29, 0.717) is 24.6 Å². The Bertz CT molecular complexity index is 995. The van der Waals surface area contributed by atoms with E-state index in [1.807, 2.05) is 60.7 Å². The lowest BCUT2D eigenvalue weighted by Crippen LogP contribution is -2.33. The number of aliphatic hydroxyl groups is 1. The molecule has 1 saturated heterocycles. The van der Waals surface area contributed by atoms with E-state index in [1.165, 1.54) is 18.2 Å². The minimum absolute atomic E-state index is 0. The van der Waals surface area contributed by atoms with E-state index in [4.69, 9.17) is 9.47 Å². The van der Waals surface area contributed by atoms with Gasteiger partial charge in [-0.15, -0.1) is 12.4 Å². The van der Waals surface area contributed by atoms with Crippen molar-refractivity contribution >= 4 is 41.3 Å². The molecule has 9 heteroatoms. The van der Waals surface area contributed by atoms with Crippen molar-refractivity contribution in [1.29, 1.82) is 0 Å². The Morgan fingerprint density at radius 1 is 1.03 bits per heavy atom. The molecular formula is C26H32ClN3O4S. The molecule has 0 spiro atoms. The fraction of sp³-hybridized carbons (Fsp3) is 0.385. The third kappa shape index (κ3) is 8.58. The van der Waals surface area contributed by atoms with Crippen molar-refractivity contribution in [2.24, 2.45) is 4.99 Å². The van der Waals surface area contributed by atoms with Crippen LogP contribution in [0.4, 0.5) is 0 Å². The van der Waals surface area contributed by atoms with Crippen molar-refractivity contribution in [2.45, 2.75) is 25.4 Å². The summed E-state index contributed by atoms with van der Waals surface area (Å²) < 4.78 is 11.3. The van der Waals surface area contributed by atoms with Gasteiger partial charge in [0.05, 0.1) is 4.91 Å². The van der Waals surface area contributed by atoms with Crippen molar-refractivity contribution in [3.05, 3.63) is 65.1 Å². The zero-order chi connectivity index (χ0) is 23.6. The number of thioether (sulfide) groups is 1. The molecule has 2 aliphatic heterocycles. The van der Waals surface area contributed by atoms with Crippen LogP contribution in [0.25, 0.3) is 6.08 Å². The maximum atomic E-state index is 12.3. The number of benzene rings is 2. The van der Waals surface area contributed by atoms with Gasteiger partial charge in [-0.05, 0) is 66.9 Å². The van der Waals surface area contributed by atoms with Crippen molar-refractivity contribution < 1.29 is 19.4 Å². The normalized spacial score (nSPS) is 17.6. The van der Waals surface area contributed by atoms with Gasteiger partial charge in [0.2, 0.25) is 0 Å². The smallest absolute Gasteiger partial charge is 0.286 e. The minimum atomic E-state index is -0.594. The monoisotopic (exact) mass is 517 g/mol. The molecule has 2 N–H and O–H groups in total. The molecule has 4 rings (SSSR count). The lowest BCUT2D eigenvalue weighted by Gasteiger charge is -2.27. The van der Waals surface area contributed by atoms with E-state index < -0.39 is 6.10 Å². The number of halogens is 1. The second-order valence-electron chi connectivity index (χ2n) is 8.26. The number of amidine groups is 1. The number of likely N-dealkylation sites (tertiary alicyclic amines) is 1. The summed E-state index contributed by atoms with van der Waals surface area (Å²) in [5.74, 6) is 1.34. The molecule has 2 aromatic rings. The minimum Gasteiger partial charge on any atom is -0.492 e. The highest BCUT2D eigenvalue weighted by Gasteiger charge is 2.26. The third-order valence-corrected chi connectivity index (χ3v) is 6.57. The van der Waals surface area contributed by atoms with Gasteiger partial charge < -0.3 is 24.8 Å². The average molecular weight is 518 g/mol. The quantitative estimate of drug-likeness (QED) is 0.364. The summed E-state index contributed by atoms with van der Waals surface area (Å²) in [5.41, 5.74) is 0.943. The van der Waals surface area contributed by atoms with Gasteiger partial charge in [0.15, 0.2) is 5.17 Å². The number of para-hydroxylation sites is 1. The van der Waals surface area contributed by atoms with Gasteiger partial charge in [0.25, 0.3) is 5.91 Å². The topological polar surface area (TPSA) is 83.4 Å². The van der Waals surface area contributed by atoms with Gasteiger partial charge in [-0.25, -0.2) is 0 Å². The predicted octanol–water partition coefficient (Wildman–Crippen LogP) is 3.97. The van der Waals surface area contributed by atoms with Gasteiger partial charge in [0.1, 0.15) is 30.8 Å². The second-order valence-corrected chi connectivity index (χ2v) is 9.27. The van der Waals surface area contributed by atoms with E-state index in [2.05, 4.69) is 15.2 Å². The molecule has 7 nitrogen and oxygen atoms in total. The molecular weight excluding hydrogens is 486 g/mol. The van der Waals surface area contributed by atoms with Gasteiger partial charge in [0, 0.05) is 26.2 Å². The fourth-order valence-electron chi connectivity index (χ4n) is 3.71. The highest BCUT2D eigenvalue weighted by atomic mass is 35.5. The Labute approximate surface area is 217 Å². The molecule has 1 atom stereocenters. The van der Waals surface area contributed by atoms with Crippen LogP contribution >= 0.6 is 24.2 Å². The van der Waals surface area contributed by atoms with Crippen LogP contribution < -0.4 is 14.8 Å². The lowest BCUT2D eigenvalue weighted by atomic mass is 10.1. The molecule has 188 valence electrons. The molecule has 35 heavy (non-hydrogen) atoms. The lowest BCUT2D eigenvalue weighted by molar-refractivity contribution is -0.113. The molecule has 1 unspecified atom stereocenters. The number of amides is 1. The van der Waals surface area contributed by atoms with E-state index in [9.17, 15) is 9.90 Å². The number of hydrogen-bond acceptors (Lipinski definition) is 7. The molecule has 0 saturated carbocycles. The fourth-order valence-corrected chi connectivity index (χ4v) is 4.67. The first-order chi connectivity index (χ1) is 16.7. The van der Waals surface area contributed by atoms with Crippen molar-refractivity contribution in [1.82, 2.24) is 10.2 Å². The molecule has 0 aliphatic carbocycles. The highest BCUT2D eigenvalue weighted by Crippen LogP contribution is 2.31. The Morgan fingerprint density at radius 2 is 1.74 bits per heavy atom. The first-order valence-electron chi connectivity index (χ1n) is 11.7. The van der Waals surface area contributed by atoms with E-state index in [-0.39, 0.29) is 24.9 Å². The largest absolute Gasteiger partial charge is 0.492 e. The van der Waals surface area contributed by atoms with Crippen LogP contribution in [0.2, 0.25) is 0 Å². The number of nitrogens with one attached hydrogen (secondary N) is 1. The average Bonchev–Trinajstić information content (AvgIpc) is 3.24. The summed E-state index contributed by atoms with van der Waals surface area (Å²) in [7, 11) is 0. The standard InChI is InChI=1S/C26H31N3O4S.ClH/c30-21(19-33-22-7-3-1-4-8-22)18-27-13-16-32-23-11-9-20(10-12-23)17-24-25(31)28-26(34-24)29-14-5-2-6-15-29;/h1,3-4,7-12,17,21,27,30H,2,5-6,13-16,18-19H2;1H. The number of hydrogen-bond donors (Lipinski definition) is 2. The molecule has 2 heterocycles. The third-order valence-electron chi connectivity index (χ3n) is 5.53. The SMILES string of the molecule is Cl.O=C1N=C(N2CCCCC2)SC1=Cc1ccc(OCCNCC(O)COc2ccccc2)cc1. The van der Waals surface area contributed by atoms with Crippen LogP contribution in [-0.2, 0) is 4.79 Å². The maximum Gasteiger partial charge on any atom is 0.286 e. The number of nitrogens with zero attached hydrogens (tertiary/aromatic N) is 2. The first kappa shape index (κ1) is 27.1. The summed E-state index contributed by atoms with van der Waals surface area (Å²) in [5, 5.41) is 14.0. The van der Waals surface area contributed by atoms with Crippen molar-refractivity contribution in [3.8, 4) is 11.5 Å². The van der Waals surface area contributed by atoms with Crippen LogP contribution in [0.5, 0.6) is 11.5 Å². The molecule has 0 aromatic heterocycles. The maximum absolute atomic E-state index is 12.3. The Morgan fingerprint density at radius 3 is 2.49 bits per heavy atom. The molecule has 0 bridgehead atoms. The van der Waals surface area contributed by atoms with Gasteiger partial charge in [-0.2, -0.15) is 4.99 Å². The number of ether oxygens (including phenoxy) is 2. The molecule has 2 aliphatic rings. The van der Waals surface area contributed by atoms with Crippen molar-refractivity contribution in [2.75, 3.05) is 39.4 Å². The molecule has 1 fully saturated rings. The van der Waals surface area contributed by atoms with Crippen LogP contribution in [0.1, 0.15) is 24.8 Å². The second kappa shape index (κ2) is 14.1. The highest BCUT2D eigenvalue weighted by molar-refractivity contribution is 8.18. The Hall–Kier alpha value is -2.52. The number of rotatable bonds is 10. The number of aliphatic hydroxyl groups excluding tert-OH is 1. The van der Waals surface area contributed by atoms with E-state index in [0.717, 1.165) is 48.2 Å². The van der Waals surface area contributed by atoms with Crippen LogP contribution in [0.3, 0.4) is 0 Å². The number of carbonyl (C=O) groups excluding carboxylic acids is 1. The summed E-state index contributed by atoms with van der Waals surface area (Å²) in [6.07, 6.45) is 4.86. The summed E-state index contributed by atoms with van der Waals surface area (Å²) in [4.78, 5) is 19.4. The van der Waals surface area contributed by atoms with Crippen molar-refractivity contribution in [3.63, 3.8) is 0 Å². The van der Waals surface area contributed by atoms with Gasteiger partial charge >= 0.3 is 0 Å². The number of piperidine rings is 1. The first-order valence-corrected chi connectivity index (χ1v) is 12.6. The number of aliphatic imine (C=N–C) groups is 1. The predicted molar refractivity (Wildman–Crippen MR) is 143 cm³/mol. The molecule has 0 radical (unpaired) electrons. The molecule has 2 aromatic carbocycles. The Kier molecular flexibility index (Phi) is 10.9. The van der Waals surface area contributed by atoms with Gasteiger partial charge in [-0.1, -0.05) is 30.3 Å². The Balaban J connectivity index is 0.00000342. The summed E-state index contributed by atoms with van der Waals surface area (Å²) in [6, 6.07) is 17.1. The van der Waals surface area contributed by atoms with E-state index >= 15 is 0 Å². The summed E-state index contributed by atoms with van der Waals surface area (Å²) >= 11 is 1.47. The van der Waals surface area contributed by atoms with E-state index in [1.54, 1.807) is 0 Å². The molecule has 1 amide bonds. The van der Waals surface area contributed by atoms with Crippen LogP contribution in [0, 0.1) is 0 Å². The van der Waals surface area contributed by atoms with Crippen LogP contribution in [0.15, 0.2) is 64.5 Å². The zero-order valence-corrected chi connectivity index (χ0v) is 21.2. The van der Waals surface area contributed by atoms with Crippen LogP contribution in [-0.4, -0.2) is 66.6 Å². The number of carbonyl (C=O) groups is 1.